The van der Waals surface area contributed by atoms with Crippen LogP contribution < -0.4 is 21.4 Å². The molecule has 10 heteroatoms. The van der Waals surface area contributed by atoms with Gasteiger partial charge in [0.1, 0.15) is 12.1 Å². The Labute approximate surface area is 188 Å². The number of aromatic nitrogens is 1. The predicted octanol–water partition coefficient (Wildman–Crippen LogP) is 1.27. The van der Waals surface area contributed by atoms with Gasteiger partial charge in [0.15, 0.2) is 0 Å². The zero-order valence-electron chi connectivity index (χ0n) is 18.8. The molecule has 33 heavy (non-hydrogen) atoms. The molecule has 0 saturated carbocycles. The summed E-state index contributed by atoms with van der Waals surface area (Å²) in [5.74, 6) is -3.23. The molecule has 0 aromatic carbocycles. The van der Waals surface area contributed by atoms with Crippen LogP contribution in [-0.2, 0) is 11.8 Å². The zero-order valence-corrected chi connectivity index (χ0v) is 18.8. The van der Waals surface area contributed by atoms with Gasteiger partial charge in [-0.25, -0.2) is 0 Å². The Kier molecular flexibility index (Phi) is 7.04. The second kappa shape index (κ2) is 9.44. The van der Waals surface area contributed by atoms with Crippen molar-refractivity contribution in [3.05, 3.63) is 43.8 Å². The number of carbonyl (C=O) groups is 2. The Hall–Kier alpha value is -3.04. The third-order valence-electron chi connectivity index (χ3n) is 6.48. The second-order valence-electron chi connectivity index (χ2n) is 8.64. The highest BCUT2D eigenvalue weighted by Crippen LogP contribution is 2.36. The monoisotopic (exact) mass is 467 g/mol. The molecule has 2 heterocycles. The van der Waals surface area contributed by atoms with E-state index in [0.717, 1.165) is 5.70 Å². The molecule has 7 nitrogen and oxygen atoms in total. The molecule has 1 aliphatic carbocycles. The lowest BCUT2D eigenvalue weighted by atomic mass is 9.92. The smallest absolute Gasteiger partial charge is 0.391 e. The van der Waals surface area contributed by atoms with Crippen molar-refractivity contribution in [2.75, 3.05) is 19.6 Å². The van der Waals surface area contributed by atoms with Gasteiger partial charge in [-0.2, -0.15) is 13.2 Å². The van der Waals surface area contributed by atoms with E-state index in [2.05, 4.69) is 5.32 Å². The van der Waals surface area contributed by atoms with E-state index in [0.29, 0.717) is 35.6 Å². The number of fused-ring (bicyclic) bond motifs is 1. The fourth-order valence-electron chi connectivity index (χ4n) is 4.54. The van der Waals surface area contributed by atoms with Gasteiger partial charge in [0.2, 0.25) is 0 Å². The summed E-state index contributed by atoms with van der Waals surface area (Å²) in [5, 5.41) is 12.3. The number of rotatable bonds is 4. The van der Waals surface area contributed by atoms with E-state index in [4.69, 9.17) is 5.11 Å². The van der Waals surface area contributed by atoms with Gasteiger partial charge in [-0.05, 0) is 43.7 Å². The summed E-state index contributed by atoms with van der Waals surface area (Å²) in [6, 6.07) is 0. The molecule has 2 aliphatic rings. The van der Waals surface area contributed by atoms with E-state index in [1.54, 1.807) is 20.0 Å². The summed E-state index contributed by atoms with van der Waals surface area (Å²) in [6.07, 6.45) is 2.05. The lowest BCUT2D eigenvalue weighted by molar-refractivity contribution is -0.184. The number of nitrogens with zero attached hydrogens (tertiary/aromatic N) is 2. The van der Waals surface area contributed by atoms with Gasteiger partial charge in [-0.3, -0.25) is 14.4 Å². The van der Waals surface area contributed by atoms with Crippen molar-refractivity contribution < 1.29 is 27.9 Å². The predicted molar refractivity (Wildman–Crippen MR) is 117 cm³/mol. The van der Waals surface area contributed by atoms with E-state index < -0.39 is 36.1 Å². The Morgan fingerprint density at radius 2 is 1.85 bits per heavy atom. The van der Waals surface area contributed by atoms with Crippen molar-refractivity contribution in [3.8, 4) is 0 Å². The fourth-order valence-corrected chi connectivity index (χ4v) is 4.54. The molecular formula is C23H28F3N3O4. The fraction of sp³-hybridized carbons (Fsp3) is 0.522. The van der Waals surface area contributed by atoms with E-state index in [1.807, 2.05) is 24.0 Å². The first-order chi connectivity index (χ1) is 15.4. The summed E-state index contributed by atoms with van der Waals surface area (Å²) in [5.41, 5.74) is 0.693. The number of alkyl halides is 3. The average Bonchev–Trinajstić information content (AvgIpc) is 2.73. The SMILES string of the molecule is Cc1c(C(=O)NCC(=O)O)c(=O)n(C)c2c1=CC=C(N1CCC(C(F)(F)F)CC1)C(C)CC=2. The molecule has 1 amide bonds. The molecule has 1 saturated heterocycles. The van der Waals surface area contributed by atoms with E-state index >= 15 is 0 Å². The molecule has 3 rings (SSSR count). The van der Waals surface area contributed by atoms with Crippen LogP contribution in [0.25, 0.3) is 12.2 Å². The summed E-state index contributed by atoms with van der Waals surface area (Å²) >= 11 is 0. The zero-order chi connectivity index (χ0) is 24.5. The first-order valence-corrected chi connectivity index (χ1v) is 10.8. The van der Waals surface area contributed by atoms with Gasteiger partial charge >= 0.3 is 12.1 Å². The first kappa shape index (κ1) is 24.6. The summed E-state index contributed by atoms with van der Waals surface area (Å²) in [7, 11) is 1.55. The molecule has 1 aromatic heterocycles. The van der Waals surface area contributed by atoms with Gasteiger partial charge in [0.05, 0.1) is 5.92 Å². The normalized spacial score (nSPS) is 19.4. The van der Waals surface area contributed by atoms with Gasteiger partial charge in [-0.15, -0.1) is 0 Å². The Morgan fingerprint density at radius 3 is 2.42 bits per heavy atom. The van der Waals surface area contributed by atoms with Gasteiger partial charge in [0, 0.05) is 36.4 Å². The number of carboxylic acids is 1. The number of piperidine rings is 1. The molecule has 1 aromatic rings. The molecule has 0 bridgehead atoms. The highest BCUT2D eigenvalue weighted by Gasteiger charge is 2.41. The maximum absolute atomic E-state index is 13.1. The minimum absolute atomic E-state index is 0.0331. The van der Waals surface area contributed by atoms with E-state index in [-0.39, 0.29) is 24.3 Å². The minimum atomic E-state index is -4.18. The van der Waals surface area contributed by atoms with Crippen LogP contribution in [0.5, 0.6) is 0 Å². The van der Waals surface area contributed by atoms with Crippen LogP contribution in [0.4, 0.5) is 13.2 Å². The number of likely N-dealkylation sites (tertiary alicyclic amines) is 1. The number of carbonyl (C=O) groups excluding carboxylic acids is 1. The van der Waals surface area contributed by atoms with Crippen molar-refractivity contribution in [1.82, 2.24) is 14.8 Å². The molecular weight excluding hydrogens is 439 g/mol. The number of nitrogens with one attached hydrogen (secondary N) is 1. The number of aliphatic carboxylic acids is 1. The maximum Gasteiger partial charge on any atom is 0.391 e. The minimum Gasteiger partial charge on any atom is -0.480 e. The highest BCUT2D eigenvalue weighted by atomic mass is 19.4. The Balaban J connectivity index is 2.03. The van der Waals surface area contributed by atoms with Crippen LogP contribution in [-0.4, -0.2) is 52.3 Å². The molecule has 0 spiro atoms. The Bertz CT molecular complexity index is 1160. The lowest BCUT2D eigenvalue weighted by Crippen LogP contribution is -2.48. The first-order valence-electron chi connectivity index (χ1n) is 10.8. The quantitative estimate of drug-likeness (QED) is 0.696. The van der Waals surface area contributed by atoms with Crippen molar-refractivity contribution in [1.29, 1.82) is 0 Å². The van der Waals surface area contributed by atoms with Crippen molar-refractivity contribution in [3.63, 3.8) is 0 Å². The second-order valence-corrected chi connectivity index (χ2v) is 8.64. The average molecular weight is 467 g/mol. The third-order valence-corrected chi connectivity index (χ3v) is 6.48. The highest BCUT2D eigenvalue weighted by molar-refractivity contribution is 5.96. The number of pyridine rings is 1. The largest absolute Gasteiger partial charge is 0.480 e. The standard InChI is InChI=1S/C23H28F3N3O4/c1-13-4-6-18-16(5-7-17(13)29-10-8-15(9-11-29)23(24,25)26)14(2)20(22(33)28(18)3)21(32)27-12-19(30)31/h5-7,13,15H,4,8-12H2,1-3H3,(H,27,32)(H,30,31). The number of allylic oxidation sites excluding steroid dienone is 2. The topological polar surface area (TPSA) is 91.6 Å². The van der Waals surface area contributed by atoms with Crippen LogP contribution in [0.15, 0.2) is 16.6 Å². The molecule has 180 valence electrons. The Morgan fingerprint density at radius 1 is 1.21 bits per heavy atom. The molecule has 1 unspecified atom stereocenters. The van der Waals surface area contributed by atoms with Crippen molar-refractivity contribution >= 4 is 24.0 Å². The van der Waals surface area contributed by atoms with Crippen LogP contribution in [0.1, 0.15) is 42.1 Å². The summed E-state index contributed by atoms with van der Waals surface area (Å²) < 4.78 is 40.5. The number of halogens is 3. The van der Waals surface area contributed by atoms with E-state index in [1.165, 1.54) is 4.57 Å². The molecule has 1 atom stereocenters. The van der Waals surface area contributed by atoms with Crippen LogP contribution >= 0.6 is 0 Å². The van der Waals surface area contributed by atoms with E-state index in [9.17, 15) is 27.6 Å². The third kappa shape index (κ3) is 5.15. The van der Waals surface area contributed by atoms with Gasteiger partial charge < -0.3 is 19.9 Å². The lowest BCUT2D eigenvalue weighted by Gasteiger charge is -2.37. The van der Waals surface area contributed by atoms with Crippen LogP contribution in [0, 0.1) is 18.8 Å². The number of amides is 1. The van der Waals surface area contributed by atoms with Crippen LogP contribution in [0.3, 0.4) is 0 Å². The molecule has 0 radical (unpaired) electrons. The summed E-state index contributed by atoms with van der Waals surface area (Å²) in [4.78, 5) is 38.2. The number of hydrogen-bond acceptors (Lipinski definition) is 4. The van der Waals surface area contributed by atoms with Gasteiger partial charge in [-0.1, -0.05) is 19.1 Å². The molecule has 1 aliphatic heterocycles. The van der Waals surface area contributed by atoms with Crippen molar-refractivity contribution in [2.24, 2.45) is 18.9 Å². The summed E-state index contributed by atoms with van der Waals surface area (Å²) in [6.45, 7) is 3.65. The van der Waals surface area contributed by atoms with Gasteiger partial charge in [0.25, 0.3) is 11.5 Å². The van der Waals surface area contributed by atoms with Crippen LogP contribution in [0.2, 0.25) is 0 Å². The molecule has 1 fully saturated rings. The maximum atomic E-state index is 13.1. The van der Waals surface area contributed by atoms with Crippen molar-refractivity contribution in [2.45, 2.75) is 39.3 Å². The molecule has 2 N–H and O–H groups in total. The number of hydrogen-bond donors (Lipinski definition) is 2. The number of carboxylic acid groups (broad SMARTS) is 1.